The Hall–Kier alpha value is -4.53. The lowest BCUT2D eigenvalue weighted by molar-refractivity contribution is 0.0570. The van der Waals surface area contributed by atoms with E-state index in [0.29, 0.717) is 29.0 Å². The van der Waals surface area contributed by atoms with E-state index in [1.165, 1.54) is 4.90 Å². The van der Waals surface area contributed by atoms with Crippen molar-refractivity contribution in [1.82, 2.24) is 29.0 Å². The van der Waals surface area contributed by atoms with Crippen LogP contribution in [0.2, 0.25) is 0 Å². The molecule has 3 aromatic heterocycles. The molecule has 1 atom stereocenters. The summed E-state index contributed by atoms with van der Waals surface area (Å²) in [5.74, 6) is 0.526. The van der Waals surface area contributed by atoms with Gasteiger partial charge in [0.05, 0.1) is 29.3 Å². The standard InChI is InChI=1S/C27H24N6O3/c1-5-21(33-26(34)19-11-6-7-12-20(19)27(33)35)23-29-25-22-15(2)16(3)32(24(22)28-14-31(25)30-23)17-9-8-10-18(13-17)36-4/h6-14,21H,5H2,1-4H3/t21-/m1/s1. The molecule has 9 nitrogen and oxygen atoms in total. The number of rotatable bonds is 5. The second kappa shape index (κ2) is 8.01. The van der Waals surface area contributed by atoms with E-state index in [0.717, 1.165) is 33.7 Å². The van der Waals surface area contributed by atoms with Gasteiger partial charge in [0.1, 0.15) is 18.1 Å². The molecule has 1 aliphatic heterocycles. The molecule has 0 bridgehead atoms. The highest BCUT2D eigenvalue weighted by Gasteiger charge is 2.41. The Morgan fingerprint density at radius 1 is 0.972 bits per heavy atom. The average Bonchev–Trinajstić information content (AvgIpc) is 3.52. The van der Waals surface area contributed by atoms with Gasteiger partial charge in [0.25, 0.3) is 11.8 Å². The monoisotopic (exact) mass is 480 g/mol. The number of hydrogen-bond acceptors (Lipinski definition) is 6. The van der Waals surface area contributed by atoms with E-state index in [9.17, 15) is 9.59 Å². The molecule has 4 heterocycles. The minimum atomic E-state index is -0.589. The summed E-state index contributed by atoms with van der Waals surface area (Å²) in [7, 11) is 1.64. The summed E-state index contributed by atoms with van der Waals surface area (Å²) in [4.78, 5) is 37.1. The molecule has 0 saturated heterocycles. The molecule has 180 valence electrons. The van der Waals surface area contributed by atoms with Crippen molar-refractivity contribution in [3.8, 4) is 11.4 Å². The molecule has 0 fully saturated rings. The highest BCUT2D eigenvalue weighted by molar-refractivity contribution is 6.21. The Kier molecular flexibility index (Phi) is 4.89. The highest BCUT2D eigenvalue weighted by atomic mass is 16.5. The minimum absolute atomic E-state index is 0.319. The third kappa shape index (κ3) is 2.98. The van der Waals surface area contributed by atoms with E-state index in [1.54, 1.807) is 42.2 Å². The summed E-state index contributed by atoms with van der Waals surface area (Å²) < 4.78 is 9.12. The summed E-state index contributed by atoms with van der Waals surface area (Å²) in [6, 6.07) is 14.1. The Morgan fingerprint density at radius 2 is 1.69 bits per heavy atom. The van der Waals surface area contributed by atoms with Crippen molar-refractivity contribution >= 4 is 28.5 Å². The van der Waals surface area contributed by atoms with Gasteiger partial charge >= 0.3 is 0 Å². The molecule has 1 aliphatic rings. The van der Waals surface area contributed by atoms with Crippen LogP contribution in [-0.2, 0) is 0 Å². The Bertz CT molecular complexity index is 1660. The topological polar surface area (TPSA) is 94.6 Å². The molecule has 5 aromatic rings. The molecule has 0 spiro atoms. The maximum atomic E-state index is 13.1. The van der Waals surface area contributed by atoms with Crippen LogP contribution in [0.1, 0.15) is 57.2 Å². The molecule has 2 aromatic carbocycles. The van der Waals surface area contributed by atoms with Crippen molar-refractivity contribution in [2.75, 3.05) is 7.11 Å². The number of carbonyl (C=O) groups excluding carboxylic acids is 2. The lowest BCUT2D eigenvalue weighted by atomic mass is 10.1. The number of amides is 2. The van der Waals surface area contributed by atoms with Crippen molar-refractivity contribution in [2.45, 2.75) is 33.2 Å². The first-order valence-electron chi connectivity index (χ1n) is 11.8. The number of hydrogen-bond donors (Lipinski definition) is 0. The highest BCUT2D eigenvalue weighted by Crippen LogP contribution is 2.34. The second-order valence-electron chi connectivity index (χ2n) is 8.88. The zero-order valence-corrected chi connectivity index (χ0v) is 20.4. The third-order valence-electron chi connectivity index (χ3n) is 6.98. The normalized spacial score (nSPS) is 14.2. The molecular formula is C27H24N6O3. The molecule has 6 rings (SSSR count). The Morgan fingerprint density at radius 3 is 2.36 bits per heavy atom. The van der Waals surface area contributed by atoms with E-state index >= 15 is 0 Å². The van der Waals surface area contributed by atoms with Crippen LogP contribution in [-0.4, -0.2) is 48.0 Å². The molecule has 36 heavy (non-hydrogen) atoms. The number of benzene rings is 2. The van der Waals surface area contributed by atoms with Gasteiger partial charge < -0.3 is 4.74 Å². The van der Waals surface area contributed by atoms with Crippen molar-refractivity contribution < 1.29 is 14.3 Å². The predicted octanol–water partition coefficient (Wildman–Crippen LogP) is 4.44. The second-order valence-corrected chi connectivity index (χ2v) is 8.88. The van der Waals surface area contributed by atoms with Crippen LogP contribution < -0.4 is 4.74 Å². The molecule has 0 aliphatic carbocycles. The van der Waals surface area contributed by atoms with E-state index in [1.807, 2.05) is 45.0 Å². The van der Waals surface area contributed by atoms with Crippen molar-refractivity contribution in [3.63, 3.8) is 0 Å². The number of ether oxygens (including phenoxy) is 1. The number of fused-ring (bicyclic) bond motifs is 4. The van der Waals surface area contributed by atoms with Gasteiger partial charge in [0.15, 0.2) is 17.1 Å². The largest absolute Gasteiger partial charge is 0.497 e. The van der Waals surface area contributed by atoms with Gasteiger partial charge in [-0.25, -0.2) is 14.5 Å². The summed E-state index contributed by atoms with van der Waals surface area (Å²) in [6.07, 6.45) is 2.11. The lowest BCUT2D eigenvalue weighted by Gasteiger charge is -2.22. The van der Waals surface area contributed by atoms with Crippen LogP contribution in [0, 0.1) is 13.8 Å². The zero-order valence-electron chi connectivity index (χ0n) is 20.4. The third-order valence-corrected chi connectivity index (χ3v) is 6.98. The Balaban J connectivity index is 1.50. The maximum Gasteiger partial charge on any atom is 0.262 e. The van der Waals surface area contributed by atoms with Gasteiger partial charge in [-0.2, -0.15) is 0 Å². The van der Waals surface area contributed by atoms with Crippen LogP contribution in [0.25, 0.3) is 22.4 Å². The van der Waals surface area contributed by atoms with E-state index in [2.05, 4.69) is 9.67 Å². The molecule has 0 radical (unpaired) electrons. The number of aryl methyl sites for hydroxylation is 1. The summed E-state index contributed by atoms with van der Waals surface area (Å²) >= 11 is 0. The fourth-order valence-corrected chi connectivity index (χ4v) is 5.06. The van der Waals surface area contributed by atoms with Gasteiger partial charge in [-0.1, -0.05) is 25.1 Å². The first-order valence-corrected chi connectivity index (χ1v) is 11.8. The SMILES string of the molecule is CC[C@H](c1nc2c3c(C)c(C)n(-c4cccc(OC)c4)c3ncn2n1)N1C(=O)c2ccccc2C1=O. The molecule has 0 N–H and O–H groups in total. The van der Waals surface area contributed by atoms with E-state index in [-0.39, 0.29) is 11.8 Å². The molecule has 2 amide bonds. The maximum absolute atomic E-state index is 13.1. The fraction of sp³-hybridized carbons (Fsp3) is 0.222. The summed E-state index contributed by atoms with van der Waals surface area (Å²) in [6.45, 7) is 5.99. The number of imide groups is 1. The van der Waals surface area contributed by atoms with Gasteiger partial charge in [-0.05, 0) is 50.1 Å². The summed E-state index contributed by atoms with van der Waals surface area (Å²) in [5, 5.41) is 5.53. The Labute approximate surface area is 207 Å². The smallest absolute Gasteiger partial charge is 0.262 e. The lowest BCUT2D eigenvalue weighted by Crippen LogP contribution is -2.34. The molecule has 9 heteroatoms. The van der Waals surface area contributed by atoms with Gasteiger partial charge in [0.2, 0.25) is 0 Å². The van der Waals surface area contributed by atoms with E-state index in [4.69, 9.17) is 14.7 Å². The van der Waals surface area contributed by atoms with Crippen LogP contribution >= 0.6 is 0 Å². The van der Waals surface area contributed by atoms with Gasteiger partial charge in [-0.3, -0.25) is 19.1 Å². The van der Waals surface area contributed by atoms with Gasteiger partial charge in [0, 0.05) is 11.8 Å². The van der Waals surface area contributed by atoms with Crippen molar-refractivity contribution in [3.05, 3.63) is 83.1 Å². The quantitative estimate of drug-likeness (QED) is 0.345. The van der Waals surface area contributed by atoms with E-state index < -0.39 is 6.04 Å². The predicted molar refractivity (Wildman–Crippen MR) is 134 cm³/mol. The number of aromatic nitrogens is 5. The molecule has 0 saturated carbocycles. The number of carbonyl (C=O) groups is 2. The van der Waals surface area contributed by atoms with Crippen molar-refractivity contribution in [2.24, 2.45) is 0 Å². The van der Waals surface area contributed by atoms with Crippen molar-refractivity contribution in [1.29, 1.82) is 0 Å². The average molecular weight is 481 g/mol. The zero-order chi connectivity index (χ0) is 25.1. The number of nitrogens with zero attached hydrogens (tertiary/aromatic N) is 6. The number of methoxy groups -OCH3 is 1. The molecular weight excluding hydrogens is 456 g/mol. The van der Waals surface area contributed by atoms with Crippen LogP contribution in [0.15, 0.2) is 54.9 Å². The van der Waals surface area contributed by atoms with Crippen LogP contribution in [0.4, 0.5) is 0 Å². The molecule has 0 unspecified atom stereocenters. The first-order chi connectivity index (χ1) is 17.4. The summed E-state index contributed by atoms with van der Waals surface area (Å²) in [5.41, 5.74) is 5.19. The van der Waals surface area contributed by atoms with Crippen LogP contribution in [0.3, 0.4) is 0 Å². The first kappa shape index (κ1) is 22.0. The minimum Gasteiger partial charge on any atom is -0.497 e. The van der Waals surface area contributed by atoms with Gasteiger partial charge in [-0.15, -0.1) is 5.10 Å². The fourth-order valence-electron chi connectivity index (χ4n) is 5.06. The van der Waals surface area contributed by atoms with Crippen LogP contribution in [0.5, 0.6) is 5.75 Å².